The SMILES string of the molecule is CC1(C)CCC(C)(C)c2cc(N(F)C(=O)c3ccccc3)ccc21. The van der Waals surface area contributed by atoms with E-state index in [2.05, 4.69) is 27.7 Å². The summed E-state index contributed by atoms with van der Waals surface area (Å²) in [7, 11) is 0. The fraction of sp³-hybridized carbons (Fsp3) is 0.381. The molecule has 0 saturated carbocycles. The van der Waals surface area contributed by atoms with Crippen molar-refractivity contribution < 1.29 is 9.28 Å². The van der Waals surface area contributed by atoms with Crippen LogP contribution in [0.5, 0.6) is 0 Å². The smallest absolute Gasteiger partial charge is 0.266 e. The van der Waals surface area contributed by atoms with E-state index in [-0.39, 0.29) is 16.0 Å². The summed E-state index contributed by atoms with van der Waals surface area (Å²) >= 11 is 0. The second kappa shape index (κ2) is 5.73. The van der Waals surface area contributed by atoms with Crippen LogP contribution in [0.3, 0.4) is 0 Å². The van der Waals surface area contributed by atoms with Gasteiger partial charge in [-0.3, -0.25) is 4.79 Å². The van der Waals surface area contributed by atoms with Crippen LogP contribution in [0.25, 0.3) is 0 Å². The fourth-order valence-corrected chi connectivity index (χ4v) is 3.51. The van der Waals surface area contributed by atoms with Gasteiger partial charge in [0.15, 0.2) is 0 Å². The minimum atomic E-state index is -0.636. The Morgan fingerprint density at radius 2 is 1.50 bits per heavy atom. The Morgan fingerprint density at radius 1 is 0.917 bits per heavy atom. The number of rotatable bonds is 2. The van der Waals surface area contributed by atoms with E-state index in [9.17, 15) is 9.28 Å². The molecule has 0 unspecified atom stereocenters. The molecular weight excluding hydrogens is 301 g/mol. The van der Waals surface area contributed by atoms with Crippen molar-refractivity contribution in [1.82, 2.24) is 0 Å². The van der Waals surface area contributed by atoms with Crippen LogP contribution < -0.4 is 5.12 Å². The Morgan fingerprint density at radius 3 is 2.12 bits per heavy atom. The van der Waals surface area contributed by atoms with Gasteiger partial charge in [-0.1, -0.05) is 56.4 Å². The second-order valence-corrected chi connectivity index (χ2v) is 7.95. The van der Waals surface area contributed by atoms with Crippen LogP contribution in [0.2, 0.25) is 0 Å². The molecule has 0 heterocycles. The molecule has 3 rings (SSSR count). The lowest BCUT2D eigenvalue weighted by atomic mass is 9.63. The van der Waals surface area contributed by atoms with Crippen LogP contribution in [0.15, 0.2) is 48.5 Å². The highest BCUT2D eigenvalue weighted by molar-refractivity contribution is 6.04. The summed E-state index contributed by atoms with van der Waals surface area (Å²) in [6.07, 6.45) is 2.16. The summed E-state index contributed by atoms with van der Waals surface area (Å²) in [4.78, 5) is 12.4. The number of fused-ring (bicyclic) bond motifs is 1. The molecule has 0 saturated heterocycles. The van der Waals surface area contributed by atoms with E-state index in [4.69, 9.17) is 0 Å². The van der Waals surface area contributed by atoms with Crippen molar-refractivity contribution in [2.45, 2.75) is 51.4 Å². The highest BCUT2D eigenvalue weighted by Gasteiger charge is 2.37. The summed E-state index contributed by atoms with van der Waals surface area (Å²) in [5.41, 5.74) is 3.10. The lowest BCUT2D eigenvalue weighted by Gasteiger charge is -2.42. The number of anilines is 1. The highest BCUT2D eigenvalue weighted by Crippen LogP contribution is 2.46. The zero-order valence-corrected chi connectivity index (χ0v) is 14.8. The monoisotopic (exact) mass is 325 g/mol. The van der Waals surface area contributed by atoms with Crippen LogP contribution in [0.1, 0.15) is 62.0 Å². The number of carbonyl (C=O) groups excluding carboxylic acids is 1. The van der Waals surface area contributed by atoms with Crippen molar-refractivity contribution in [2.24, 2.45) is 0 Å². The van der Waals surface area contributed by atoms with E-state index < -0.39 is 5.91 Å². The number of halogens is 1. The molecule has 0 atom stereocenters. The van der Waals surface area contributed by atoms with E-state index in [1.807, 2.05) is 18.2 Å². The molecule has 126 valence electrons. The summed E-state index contributed by atoms with van der Waals surface area (Å²) in [5.74, 6) is -0.636. The maximum atomic E-state index is 14.7. The Kier molecular flexibility index (Phi) is 3.98. The molecule has 0 N–H and O–H groups in total. The standard InChI is InChI=1S/C21H24FNO/c1-20(2)12-13-21(3,4)18-14-16(10-11-17(18)20)23(22)19(24)15-8-6-5-7-9-15/h5-11,14H,12-13H2,1-4H3. The number of nitrogens with zero attached hydrogens (tertiary/aromatic N) is 1. The molecule has 0 fully saturated rings. The van der Waals surface area contributed by atoms with Gasteiger partial charge in [-0.2, -0.15) is 0 Å². The second-order valence-electron chi connectivity index (χ2n) is 7.95. The van der Waals surface area contributed by atoms with Crippen molar-refractivity contribution in [2.75, 3.05) is 5.12 Å². The molecule has 24 heavy (non-hydrogen) atoms. The van der Waals surface area contributed by atoms with Crippen molar-refractivity contribution in [1.29, 1.82) is 0 Å². The maximum Gasteiger partial charge on any atom is 0.286 e. The van der Waals surface area contributed by atoms with Crippen LogP contribution in [-0.4, -0.2) is 5.91 Å². The maximum absolute atomic E-state index is 14.7. The van der Waals surface area contributed by atoms with Crippen LogP contribution >= 0.6 is 0 Å². The van der Waals surface area contributed by atoms with Crippen molar-refractivity contribution >= 4 is 11.6 Å². The summed E-state index contributed by atoms with van der Waals surface area (Å²) in [6, 6.07) is 14.1. The zero-order chi connectivity index (χ0) is 17.5. The Bertz CT molecular complexity index is 765. The molecule has 1 aliphatic carbocycles. The first kappa shape index (κ1) is 16.7. The average molecular weight is 325 g/mol. The van der Waals surface area contributed by atoms with Crippen molar-refractivity contribution in [3.05, 3.63) is 65.2 Å². The van der Waals surface area contributed by atoms with Gasteiger partial charge in [-0.05, 0) is 59.1 Å². The third kappa shape index (κ3) is 2.83. The predicted octanol–water partition coefficient (Wildman–Crippen LogP) is 5.57. The number of carbonyl (C=O) groups is 1. The first-order valence-corrected chi connectivity index (χ1v) is 8.43. The lowest BCUT2D eigenvalue weighted by molar-refractivity contribution is 0.0931. The normalized spacial score (nSPS) is 17.9. The molecule has 0 bridgehead atoms. The van der Waals surface area contributed by atoms with Gasteiger partial charge in [-0.15, -0.1) is 5.12 Å². The van der Waals surface area contributed by atoms with E-state index in [1.54, 1.807) is 30.3 Å². The molecule has 1 amide bonds. The van der Waals surface area contributed by atoms with Crippen LogP contribution in [0, 0.1) is 0 Å². The third-order valence-corrected chi connectivity index (χ3v) is 5.26. The minimum Gasteiger partial charge on any atom is -0.266 e. The number of benzene rings is 2. The number of amides is 1. The molecule has 0 radical (unpaired) electrons. The van der Waals surface area contributed by atoms with E-state index in [0.29, 0.717) is 11.3 Å². The summed E-state index contributed by atoms with van der Waals surface area (Å²) < 4.78 is 14.7. The summed E-state index contributed by atoms with van der Waals surface area (Å²) in [6.45, 7) is 8.82. The quantitative estimate of drug-likeness (QED) is 0.661. The van der Waals surface area contributed by atoms with Gasteiger partial charge in [0.25, 0.3) is 5.91 Å². The first-order valence-electron chi connectivity index (χ1n) is 8.43. The number of hydrogen-bond acceptors (Lipinski definition) is 1. The first-order chi connectivity index (χ1) is 11.2. The average Bonchev–Trinajstić information content (AvgIpc) is 2.58. The number of hydrogen-bond donors (Lipinski definition) is 0. The van der Waals surface area contributed by atoms with Gasteiger partial charge in [-0.25, -0.2) is 0 Å². The lowest BCUT2D eigenvalue weighted by Crippen LogP contribution is -2.34. The molecular formula is C21H24FNO. The van der Waals surface area contributed by atoms with Crippen LogP contribution in [-0.2, 0) is 10.8 Å². The molecule has 0 aliphatic heterocycles. The van der Waals surface area contributed by atoms with Gasteiger partial charge in [0.05, 0.1) is 5.69 Å². The van der Waals surface area contributed by atoms with E-state index in [1.165, 1.54) is 5.56 Å². The van der Waals surface area contributed by atoms with E-state index in [0.717, 1.165) is 18.4 Å². The Hall–Kier alpha value is -2.16. The van der Waals surface area contributed by atoms with Gasteiger partial charge in [0, 0.05) is 5.56 Å². The van der Waals surface area contributed by atoms with Crippen molar-refractivity contribution in [3.63, 3.8) is 0 Å². The van der Waals surface area contributed by atoms with Gasteiger partial charge < -0.3 is 0 Å². The predicted molar refractivity (Wildman–Crippen MR) is 96.1 cm³/mol. The Labute approximate surface area is 143 Å². The Balaban J connectivity index is 2.00. The topological polar surface area (TPSA) is 20.3 Å². The molecule has 0 spiro atoms. The minimum absolute atomic E-state index is 0.0164. The fourth-order valence-electron chi connectivity index (χ4n) is 3.51. The molecule has 2 nitrogen and oxygen atoms in total. The van der Waals surface area contributed by atoms with Gasteiger partial charge in [0.2, 0.25) is 0 Å². The molecule has 1 aliphatic rings. The van der Waals surface area contributed by atoms with Gasteiger partial charge in [0.1, 0.15) is 0 Å². The molecule has 2 aromatic rings. The van der Waals surface area contributed by atoms with Crippen molar-refractivity contribution in [3.8, 4) is 0 Å². The molecule has 0 aromatic heterocycles. The zero-order valence-electron chi connectivity index (χ0n) is 14.8. The largest absolute Gasteiger partial charge is 0.286 e. The van der Waals surface area contributed by atoms with Crippen LogP contribution in [0.4, 0.5) is 10.2 Å². The highest BCUT2D eigenvalue weighted by atomic mass is 19.2. The third-order valence-electron chi connectivity index (χ3n) is 5.26. The molecule has 2 aromatic carbocycles. The summed E-state index contributed by atoms with van der Waals surface area (Å²) in [5, 5.41) is 0.257. The van der Waals surface area contributed by atoms with E-state index >= 15 is 0 Å². The molecule has 3 heteroatoms. The van der Waals surface area contributed by atoms with Gasteiger partial charge >= 0.3 is 0 Å².